The molecule has 0 aromatic heterocycles. The lowest BCUT2D eigenvalue weighted by Crippen LogP contribution is -2.39. The minimum absolute atomic E-state index is 0.363. The molecule has 4 nitrogen and oxygen atoms in total. The number of sulfonamides is 1. The van der Waals surface area contributed by atoms with Crippen molar-refractivity contribution in [3.63, 3.8) is 0 Å². The highest BCUT2D eigenvalue weighted by atomic mass is 32.2. The van der Waals surface area contributed by atoms with Crippen molar-refractivity contribution < 1.29 is 13.2 Å². The van der Waals surface area contributed by atoms with Crippen molar-refractivity contribution in [2.45, 2.75) is 37.0 Å². The second-order valence-corrected chi connectivity index (χ2v) is 5.89. The number of methoxy groups -OCH3 is 1. The van der Waals surface area contributed by atoms with Crippen LogP contribution in [0.3, 0.4) is 0 Å². The van der Waals surface area contributed by atoms with Gasteiger partial charge in [0.25, 0.3) is 0 Å². The maximum absolute atomic E-state index is 11.4. The van der Waals surface area contributed by atoms with Gasteiger partial charge in [-0.1, -0.05) is 18.9 Å². The third kappa shape index (κ3) is 3.93. The third-order valence-corrected chi connectivity index (χ3v) is 4.14. The molecule has 5 heteroatoms. The molecule has 0 bridgehead atoms. The smallest absolute Gasteiger partial charge is 0.214 e. The van der Waals surface area contributed by atoms with Gasteiger partial charge in [0.15, 0.2) is 0 Å². The Morgan fingerprint density at radius 1 is 1.60 bits per heavy atom. The summed E-state index contributed by atoms with van der Waals surface area (Å²) < 4.78 is 28.0. The first-order valence-corrected chi connectivity index (χ1v) is 6.75. The highest BCUT2D eigenvalue weighted by Gasteiger charge is 2.36. The molecule has 0 heterocycles. The summed E-state index contributed by atoms with van der Waals surface area (Å²) in [5, 5.41) is 4.63. The Labute approximate surface area is 91.5 Å². The van der Waals surface area contributed by atoms with E-state index in [1.807, 2.05) is 0 Å². The van der Waals surface area contributed by atoms with E-state index in [0.29, 0.717) is 18.8 Å². The number of rotatable bonds is 7. The van der Waals surface area contributed by atoms with E-state index in [4.69, 9.17) is 9.88 Å². The van der Waals surface area contributed by atoms with E-state index in [9.17, 15) is 8.42 Å². The van der Waals surface area contributed by atoms with Crippen molar-refractivity contribution in [2.24, 2.45) is 11.1 Å². The van der Waals surface area contributed by atoms with Gasteiger partial charge in [-0.05, 0) is 18.8 Å². The quantitative estimate of drug-likeness (QED) is 0.668. The van der Waals surface area contributed by atoms with Crippen LogP contribution in [-0.2, 0) is 14.8 Å². The van der Waals surface area contributed by atoms with Gasteiger partial charge < -0.3 is 4.74 Å². The molecule has 88 valence electrons. The Hall–Kier alpha value is -0.390. The average Bonchev–Trinajstić information content (AvgIpc) is 2.93. The van der Waals surface area contributed by atoms with E-state index in [1.54, 1.807) is 6.08 Å². The fraction of sp³-hybridized carbons (Fsp3) is 0.800. The predicted molar refractivity (Wildman–Crippen MR) is 59.8 cm³/mol. The number of primary sulfonamides is 1. The zero-order valence-corrected chi connectivity index (χ0v) is 9.87. The van der Waals surface area contributed by atoms with Crippen LogP contribution in [0.15, 0.2) is 12.7 Å². The van der Waals surface area contributed by atoms with Gasteiger partial charge in [0.2, 0.25) is 10.0 Å². The minimum Gasteiger partial charge on any atom is -0.380 e. The lowest BCUT2D eigenvalue weighted by Gasteiger charge is -2.23. The molecule has 0 aromatic carbocycles. The molecule has 0 aliphatic heterocycles. The molecule has 1 fully saturated rings. The molecule has 2 N–H and O–H groups in total. The highest BCUT2D eigenvalue weighted by Crippen LogP contribution is 2.36. The summed E-state index contributed by atoms with van der Waals surface area (Å²) in [6.45, 7) is 3.59. The first kappa shape index (κ1) is 12.7. The maximum Gasteiger partial charge on any atom is 0.214 e. The van der Waals surface area contributed by atoms with Crippen LogP contribution < -0.4 is 5.14 Å². The zero-order chi connectivity index (χ0) is 11.5. The Kier molecular flexibility index (Phi) is 4.31. The van der Waals surface area contributed by atoms with Crippen LogP contribution in [0.5, 0.6) is 0 Å². The van der Waals surface area contributed by atoms with Gasteiger partial charge in [0.05, 0.1) is 6.10 Å². The normalized spacial score (nSPS) is 20.9. The molecule has 0 amide bonds. The van der Waals surface area contributed by atoms with E-state index >= 15 is 0 Å². The molecule has 0 aromatic rings. The molecule has 1 aliphatic rings. The Balaban J connectivity index is 2.71. The summed E-state index contributed by atoms with van der Waals surface area (Å²) >= 11 is 0. The van der Waals surface area contributed by atoms with Crippen molar-refractivity contribution in [3.8, 4) is 0 Å². The predicted octanol–water partition coefficient (Wildman–Crippen LogP) is 1.03. The fourth-order valence-electron chi connectivity index (χ4n) is 1.74. The van der Waals surface area contributed by atoms with E-state index in [2.05, 4.69) is 6.58 Å². The van der Waals surface area contributed by atoms with Gasteiger partial charge in [-0.2, -0.15) is 0 Å². The van der Waals surface area contributed by atoms with Gasteiger partial charge in [0.1, 0.15) is 5.25 Å². The number of nitrogens with two attached hydrogens (primary N) is 1. The zero-order valence-electron chi connectivity index (χ0n) is 9.06. The number of ether oxygens (including phenoxy) is 1. The van der Waals surface area contributed by atoms with E-state index in [0.717, 1.165) is 12.8 Å². The molecular weight excluding hydrogens is 214 g/mol. The lowest BCUT2D eigenvalue weighted by atomic mass is 10.1. The summed E-state index contributed by atoms with van der Waals surface area (Å²) in [7, 11) is -2.01. The van der Waals surface area contributed by atoms with Crippen LogP contribution >= 0.6 is 0 Å². The van der Waals surface area contributed by atoms with Crippen LogP contribution in [0.4, 0.5) is 0 Å². The summed E-state index contributed by atoms with van der Waals surface area (Å²) in [6.07, 6.45) is 4.65. The first-order chi connectivity index (χ1) is 6.99. The molecule has 2 atom stereocenters. The first-order valence-electron chi connectivity index (χ1n) is 5.14. The van der Waals surface area contributed by atoms with Crippen LogP contribution in [0.25, 0.3) is 0 Å². The Bertz CT molecular complexity index is 309. The molecule has 1 saturated carbocycles. The number of hydrogen-bond donors (Lipinski definition) is 1. The van der Waals surface area contributed by atoms with E-state index in [1.165, 1.54) is 7.11 Å². The lowest BCUT2D eigenvalue weighted by molar-refractivity contribution is 0.0971. The highest BCUT2D eigenvalue weighted by molar-refractivity contribution is 7.89. The van der Waals surface area contributed by atoms with Gasteiger partial charge >= 0.3 is 0 Å². The van der Waals surface area contributed by atoms with Crippen molar-refractivity contribution in [2.75, 3.05) is 7.11 Å². The van der Waals surface area contributed by atoms with Crippen LogP contribution in [0.1, 0.15) is 25.7 Å². The average molecular weight is 233 g/mol. The van der Waals surface area contributed by atoms with Gasteiger partial charge in [0, 0.05) is 7.11 Å². The molecule has 0 unspecified atom stereocenters. The molecule has 0 saturated heterocycles. The molecule has 1 rings (SSSR count). The number of hydrogen-bond acceptors (Lipinski definition) is 3. The molecule has 0 radical (unpaired) electrons. The molecule has 15 heavy (non-hydrogen) atoms. The van der Waals surface area contributed by atoms with Crippen LogP contribution in [0.2, 0.25) is 0 Å². The van der Waals surface area contributed by atoms with E-state index < -0.39 is 15.3 Å². The largest absolute Gasteiger partial charge is 0.380 e. The molecule has 1 aliphatic carbocycles. The summed E-state index contributed by atoms with van der Waals surface area (Å²) in [5.74, 6) is 0.510. The van der Waals surface area contributed by atoms with Crippen LogP contribution in [0, 0.1) is 5.92 Å². The van der Waals surface area contributed by atoms with Crippen molar-refractivity contribution >= 4 is 10.0 Å². The topological polar surface area (TPSA) is 69.4 Å². The van der Waals surface area contributed by atoms with Crippen LogP contribution in [-0.4, -0.2) is 26.9 Å². The van der Waals surface area contributed by atoms with Crippen molar-refractivity contribution in [1.29, 1.82) is 0 Å². The summed E-state index contributed by atoms with van der Waals surface area (Å²) in [5.41, 5.74) is 0. The summed E-state index contributed by atoms with van der Waals surface area (Å²) in [6, 6.07) is 0. The monoisotopic (exact) mass is 233 g/mol. The van der Waals surface area contributed by atoms with Gasteiger partial charge in [-0.25, -0.2) is 13.6 Å². The Morgan fingerprint density at radius 2 is 2.20 bits per heavy atom. The van der Waals surface area contributed by atoms with Gasteiger partial charge in [-0.3, -0.25) is 0 Å². The minimum atomic E-state index is -3.53. The van der Waals surface area contributed by atoms with E-state index in [-0.39, 0.29) is 6.10 Å². The summed E-state index contributed by atoms with van der Waals surface area (Å²) in [4.78, 5) is 0. The maximum atomic E-state index is 11.4. The Morgan fingerprint density at radius 3 is 2.53 bits per heavy atom. The molecule has 0 spiro atoms. The second kappa shape index (κ2) is 5.09. The SMILES string of the molecule is C=CC[C@@H](OC)[C@H](CC1CC1)S(N)(=O)=O. The third-order valence-electron chi connectivity index (χ3n) is 2.80. The standard InChI is InChI=1S/C10H19NO3S/c1-3-4-9(14-2)10(15(11,12)13)7-8-5-6-8/h3,8-10H,1,4-7H2,2H3,(H2,11,12,13)/t9-,10+/m1/s1. The fourth-order valence-corrected chi connectivity index (χ4v) is 2.93. The van der Waals surface area contributed by atoms with Crippen molar-refractivity contribution in [3.05, 3.63) is 12.7 Å². The second-order valence-electron chi connectivity index (χ2n) is 4.11. The molecular formula is C10H19NO3S. The van der Waals surface area contributed by atoms with Crippen molar-refractivity contribution in [1.82, 2.24) is 0 Å². The van der Waals surface area contributed by atoms with Gasteiger partial charge in [-0.15, -0.1) is 6.58 Å².